The van der Waals surface area contributed by atoms with Gasteiger partial charge >= 0.3 is 17.9 Å². The van der Waals surface area contributed by atoms with Crippen LogP contribution >= 0.6 is 0 Å². The van der Waals surface area contributed by atoms with Crippen LogP contribution in [-0.4, -0.2) is 80.5 Å². The first-order valence-corrected chi connectivity index (χ1v) is 17.8. The molecule has 56 heavy (non-hydrogen) atoms. The van der Waals surface area contributed by atoms with E-state index in [9.17, 15) is 29.1 Å². The molecule has 1 aliphatic rings. The van der Waals surface area contributed by atoms with Crippen LogP contribution in [0.5, 0.6) is 5.75 Å². The number of carboxylic acids is 1. The number of carboxylic acid groups (broad SMARTS) is 1. The van der Waals surface area contributed by atoms with E-state index in [1.165, 1.54) is 10.9 Å². The molecule has 2 aromatic heterocycles. The van der Waals surface area contributed by atoms with Gasteiger partial charge in [-0.05, 0) is 28.8 Å². The Morgan fingerprint density at radius 3 is 2.11 bits per heavy atom. The summed E-state index contributed by atoms with van der Waals surface area (Å²) >= 11 is 0. The van der Waals surface area contributed by atoms with Gasteiger partial charge in [-0.3, -0.25) is 38.8 Å². The summed E-state index contributed by atoms with van der Waals surface area (Å²) in [5.41, 5.74) is 0.117. The van der Waals surface area contributed by atoms with Crippen LogP contribution in [0, 0.1) is 5.92 Å². The summed E-state index contributed by atoms with van der Waals surface area (Å²) in [6.07, 6.45) is -4.93. The molecule has 4 atom stereocenters. The van der Waals surface area contributed by atoms with E-state index in [0.717, 1.165) is 23.6 Å². The second kappa shape index (κ2) is 17.0. The van der Waals surface area contributed by atoms with Crippen LogP contribution in [0.4, 0.5) is 5.95 Å². The van der Waals surface area contributed by atoms with Gasteiger partial charge in [-0.25, -0.2) is 4.98 Å². The van der Waals surface area contributed by atoms with Crippen molar-refractivity contribution in [2.24, 2.45) is 5.92 Å². The first-order chi connectivity index (χ1) is 26.9. The summed E-state index contributed by atoms with van der Waals surface area (Å²) in [4.78, 5) is 74.0. The zero-order valence-electron chi connectivity index (χ0n) is 31.0. The number of esters is 2. The van der Waals surface area contributed by atoms with Crippen LogP contribution in [0.3, 0.4) is 0 Å². The highest BCUT2D eigenvalue weighted by atomic mass is 16.7. The maximum atomic E-state index is 13.2. The maximum Gasteiger partial charge on any atom is 0.306 e. The van der Waals surface area contributed by atoms with Crippen molar-refractivity contribution in [3.63, 3.8) is 0 Å². The standard InChI is InChI=1S/C40H41N5O11/c1-23(2)36(50)43-39-42-35-32(37(51)44-39)41-22-45(35)38-34(54-24(3)46)33(56-31(49)20-19-30(47)48)29(55-38)21-53-40(25-11-7-5-8-12-25,26-13-9-6-10-14-26)27-15-17-28(52-4)18-16-27/h5-18,22-23,29,33-34,38H,19-21H2,1-4H3,(H,47,48)(H2,42,43,44,50,51)/t29-,33-,34-,38-/m1/s1. The first kappa shape index (κ1) is 39.3. The van der Waals surface area contributed by atoms with Crippen molar-refractivity contribution < 1.29 is 48.0 Å². The lowest BCUT2D eigenvalue weighted by Gasteiger charge is -2.37. The molecule has 1 saturated heterocycles. The van der Waals surface area contributed by atoms with Crippen LogP contribution in [0.1, 0.15) is 56.5 Å². The molecule has 16 nitrogen and oxygen atoms in total. The van der Waals surface area contributed by atoms with Crippen molar-refractivity contribution in [2.45, 2.75) is 63.8 Å². The van der Waals surface area contributed by atoms with Crippen molar-refractivity contribution >= 4 is 40.9 Å². The molecule has 3 N–H and O–H groups in total. The van der Waals surface area contributed by atoms with Crippen molar-refractivity contribution in [2.75, 3.05) is 19.0 Å². The second-order valence-corrected chi connectivity index (χ2v) is 13.3. The average molecular weight is 768 g/mol. The molecule has 1 aliphatic heterocycles. The fourth-order valence-electron chi connectivity index (χ4n) is 6.51. The number of hydrogen-bond acceptors (Lipinski definition) is 12. The average Bonchev–Trinajstić information content (AvgIpc) is 3.76. The minimum Gasteiger partial charge on any atom is -0.497 e. The number of fused-ring (bicyclic) bond motifs is 1. The fourth-order valence-corrected chi connectivity index (χ4v) is 6.51. The van der Waals surface area contributed by atoms with Gasteiger partial charge in [0.2, 0.25) is 11.9 Å². The second-order valence-electron chi connectivity index (χ2n) is 13.3. The van der Waals surface area contributed by atoms with Gasteiger partial charge in [-0.1, -0.05) is 86.6 Å². The summed E-state index contributed by atoms with van der Waals surface area (Å²) in [5, 5.41) is 11.8. The van der Waals surface area contributed by atoms with Gasteiger partial charge in [-0.2, -0.15) is 4.98 Å². The lowest BCUT2D eigenvalue weighted by molar-refractivity contribution is -0.168. The molecule has 3 aromatic carbocycles. The Morgan fingerprint density at radius 1 is 0.911 bits per heavy atom. The minimum atomic E-state index is -1.37. The lowest BCUT2D eigenvalue weighted by atomic mass is 9.80. The van der Waals surface area contributed by atoms with E-state index in [0.29, 0.717) is 5.75 Å². The van der Waals surface area contributed by atoms with E-state index in [1.807, 2.05) is 84.9 Å². The largest absolute Gasteiger partial charge is 0.497 e. The number of H-pyrrole nitrogens is 1. The highest BCUT2D eigenvalue weighted by Gasteiger charge is 2.52. The monoisotopic (exact) mass is 767 g/mol. The van der Waals surface area contributed by atoms with E-state index in [2.05, 4.69) is 20.3 Å². The van der Waals surface area contributed by atoms with Crippen LogP contribution in [0.15, 0.2) is 96.1 Å². The van der Waals surface area contributed by atoms with E-state index >= 15 is 0 Å². The predicted octanol–water partition coefficient (Wildman–Crippen LogP) is 4.34. The smallest absolute Gasteiger partial charge is 0.306 e. The van der Waals surface area contributed by atoms with E-state index in [-0.39, 0.29) is 23.7 Å². The molecule has 1 amide bonds. The van der Waals surface area contributed by atoms with Crippen LogP contribution in [0.2, 0.25) is 0 Å². The Balaban J connectivity index is 1.46. The Labute approximate surface area is 320 Å². The van der Waals surface area contributed by atoms with Gasteiger partial charge < -0.3 is 28.8 Å². The number of aliphatic carboxylic acids is 1. The molecule has 0 unspecified atom stereocenters. The van der Waals surface area contributed by atoms with E-state index in [1.54, 1.807) is 21.0 Å². The molecule has 0 spiro atoms. The Bertz CT molecular complexity index is 2200. The summed E-state index contributed by atoms with van der Waals surface area (Å²) in [6, 6.07) is 26.3. The van der Waals surface area contributed by atoms with Gasteiger partial charge in [0.25, 0.3) is 5.56 Å². The number of benzene rings is 3. The molecule has 292 valence electrons. The molecule has 0 saturated carbocycles. The van der Waals surface area contributed by atoms with Crippen molar-refractivity contribution in [3.05, 3.63) is 118 Å². The zero-order chi connectivity index (χ0) is 40.0. The molecule has 0 aliphatic carbocycles. The van der Waals surface area contributed by atoms with Gasteiger partial charge in [0.15, 0.2) is 29.6 Å². The normalized spacial score (nSPS) is 18.1. The molecule has 0 radical (unpaired) electrons. The number of hydrogen-bond donors (Lipinski definition) is 3. The predicted molar refractivity (Wildman–Crippen MR) is 200 cm³/mol. The highest BCUT2D eigenvalue weighted by molar-refractivity contribution is 5.91. The minimum absolute atomic E-state index is 0.0337. The van der Waals surface area contributed by atoms with Crippen molar-refractivity contribution in [1.82, 2.24) is 19.5 Å². The van der Waals surface area contributed by atoms with Gasteiger partial charge in [0, 0.05) is 12.8 Å². The number of imidazole rings is 1. The summed E-state index contributed by atoms with van der Waals surface area (Å²) in [7, 11) is 1.57. The van der Waals surface area contributed by atoms with Gasteiger partial charge in [-0.15, -0.1) is 0 Å². The number of carbonyl (C=O) groups is 4. The van der Waals surface area contributed by atoms with E-state index < -0.39 is 78.3 Å². The van der Waals surface area contributed by atoms with Crippen LogP contribution in [0.25, 0.3) is 11.2 Å². The quantitative estimate of drug-likeness (QED) is 0.100. The number of ether oxygens (including phenoxy) is 5. The van der Waals surface area contributed by atoms with Gasteiger partial charge in [0.1, 0.15) is 17.5 Å². The van der Waals surface area contributed by atoms with Crippen LogP contribution < -0.4 is 15.6 Å². The molecule has 0 bridgehead atoms. The summed E-state index contributed by atoms with van der Waals surface area (Å²) < 4.78 is 32.0. The number of nitrogens with one attached hydrogen (secondary N) is 2. The fraction of sp³-hybridized carbons (Fsp3) is 0.325. The summed E-state index contributed by atoms with van der Waals surface area (Å²) in [5.74, 6) is -3.22. The Morgan fingerprint density at radius 2 is 1.54 bits per heavy atom. The SMILES string of the molecule is COc1ccc(C(OC[C@H]2O[C@@H](n3cnc4c(=O)[nH]c(NC(=O)C(C)C)nc43)[C@H](OC(C)=O)[C@@H]2OC(=O)CCC(=O)O)(c2ccccc2)c2ccccc2)cc1. The number of carbonyl (C=O) groups excluding carboxylic acids is 3. The molecule has 1 fully saturated rings. The molecular formula is C40H41N5O11. The van der Waals surface area contributed by atoms with Crippen molar-refractivity contribution in [3.8, 4) is 5.75 Å². The first-order valence-electron chi connectivity index (χ1n) is 17.8. The topological polar surface area (TPSA) is 210 Å². The van der Waals surface area contributed by atoms with E-state index in [4.69, 9.17) is 23.7 Å². The lowest BCUT2D eigenvalue weighted by Crippen LogP contribution is -2.43. The molecule has 3 heterocycles. The highest BCUT2D eigenvalue weighted by Crippen LogP contribution is 2.43. The third kappa shape index (κ3) is 8.30. The third-order valence-electron chi connectivity index (χ3n) is 9.19. The maximum absolute atomic E-state index is 13.2. The van der Waals surface area contributed by atoms with Crippen molar-refractivity contribution in [1.29, 1.82) is 0 Å². The number of nitrogens with zero attached hydrogens (tertiary/aromatic N) is 3. The Kier molecular flexibility index (Phi) is 11.9. The van der Waals surface area contributed by atoms with Crippen LogP contribution in [-0.2, 0) is 43.7 Å². The molecule has 5 aromatic rings. The number of rotatable bonds is 15. The molecule has 16 heteroatoms. The number of aromatic amines is 1. The number of methoxy groups -OCH3 is 1. The van der Waals surface area contributed by atoms with Gasteiger partial charge in [0.05, 0.1) is 32.9 Å². The third-order valence-corrected chi connectivity index (χ3v) is 9.19. The molecule has 6 rings (SSSR count). The Hall–Kier alpha value is -6.39. The number of amides is 1. The number of anilines is 1. The molecular weight excluding hydrogens is 726 g/mol. The zero-order valence-corrected chi connectivity index (χ0v) is 31.0. The number of aromatic nitrogens is 4. The summed E-state index contributed by atoms with van der Waals surface area (Å²) in [6.45, 7) is 4.23.